The molecule has 0 radical (unpaired) electrons. The number of hydrogen-bond donors (Lipinski definition) is 2. The Morgan fingerprint density at radius 2 is 2.00 bits per heavy atom. The fraction of sp³-hybridized carbons (Fsp3) is 0.364. The van der Waals surface area contributed by atoms with Crippen LogP contribution in [0.4, 0.5) is 0 Å². The molecule has 1 saturated heterocycles. The van der Waals surface area contributed by atoms with Crippen LogP contribution in [0.3, 0.4) is 0 Å². The van der Waals surface area contributed by atoms with Gasteiger partial charge in [0.1, 0.15) is 12.4 Å². The fourth-order valence-corrected chi connectivity index (χ4v) is 1.45. The molecular weight excluding hydrogens is 224 g/mol. The van der Waals surface area contributed by atoms with Gasteiger partial charge in [-0.25, -0.2) is 0 Å². The summed E-state index contributed by atoms with van der Waals surface area (Å²) in [4.78, 5) is 0. The monoisotopic (exact) mass is 238 g/mol. The van der Waals surface area contributed by atoms with E-state index in [1.807, 2.05) is 0 Å². The predicted octanol–water partition coefficient (Wildman–Crippen LogP) is 0.533. The van der Waals surface area contributed by atoms with Crippen molar-refractivity contribution in [2.45, 2.75) is 6.29 Å². The lowest BCUT2D eigenvalue weighted by molar-refractivity contribution is -0.0684. The first kappa shape index (κ1) is 11.7. The third-order valence-electron chi connectivity index (χ3n) is 2.33. The van der Waals surface area contributed by atoms with Gasteiger partial charge in [0, 0.05) is 5.56 Å². The molecule has 0 saturated carbocycles. The molecule has 1 aromatic carbocycles. The maximum Gasteiger partial charge on any atom is 0.191 e. The van der Waals surface area contributed by atoms with E-state index in [1.54, 1.807) is 24.3 Å². The van der Waals surface area contributed by atoms with E-state index in [-0.39, 0.29) is 12.1 Å². The van der Waals surface area contributed by atoms with Crippen molar-refractivity contribution in [3.63, 3.8) is 0 Å². The second-order valence-corrected chi connectivity index (χ2v) is 3.49. The highest BCUT2D eigenvalue weighted by molar-refractivity contribution is 5.97. The molecule has 6 nitrogen and oxygen atoms in total. The topological polar surface area (TPSA) is 86.3 Å². The van der Waals surface area contributed by atoms with E-state index in [4.69, 9.17) is 25.2 Å². The summed E-state index contributed by atoms with van der Waals surface area (Å²) in [6, 6.07) is 6.89. The molecule has 0 bridgehead atoms. The van der Waals surface area contributed by atoms with Gasteiger partial charge in [0.25, 0.3) is 0 Å². The van der Waals surface area contributed by atoms with E-state index in [0.717, 1.165) is 0 Å². The molecule has 17 heavy (non-hydrogen) atoms. The number of benzene rings is 1. The van der Waals surface area contributed by atoms with Crippen LogP contribution in [0.15, 0.2) is 29.4 Å². The van der Waals surface area contributed by atoms with E-state index in [0.29, 0.717) is 31.1 Å². The average Bonchev–Trinajstić information content (AvgIpc) is 2.89. The Hall–Kier alpha value is -1.79. The summed E-state index contributed by atoms with van der Waals surface area (Å²) < 4.78 is 15.9. The van der Waals surface area contributed by atoms with Gasteiger partial charge in [-0.3, -0.25) is 0 Å². The molecule has 1 fully saturated rings. The van der Waals surface area contributed by atoms with Gasteiger partial charge in [-0.1, -0.05) is 5.16 Å². The molecule has 0 spiro atoms. The van der Waals surface area contributed by atoms with Crippen LogP contribution in [-0.2, 0) is 9.47 Å². The minimum atomic E-state index is -0.293. The number of rotatable bonds is 4. The van der Waals surface area contributed by atoms with E-state index in [9.17, 15) is 0 Å². The summed E-state index contributed by atoms with van der Waals surface area (Å²) in [6.07, 6.45) is -0.293. The maximum atomic E-state index is 8.50. The van der Waals surface area contributed by atoms with Crippen molar-refractivity contribution >= 4 is 5.84 Å². The second-order valence-electron chi connectivity index (χ2n) is 3.49. The van der Waals surface area contributed by atoms with Crippen LogP contribution >= 0.6 is 0 Å². The molecule has 0 atom stereocenters. The molecule has 0 unspecified atom stereocenters. The van der Waals surface area contributed by atoms with Gasteiger partial charge in [0.2, 0.25) is 0 Å². The summed E-state index contributed by atoms with van der Waals surface area (Å²) in [5, 5.41) is 11.4. The van der Waals surface area contributed by atoms with Gasteiger partial charge in [-0.15, -0.1) is 0 Å². The van der Waals surface area contributed by atoms with Crippen LogP contribution in [-0.4, -0.2) is 37.2 Å². The maximum absolute atomic E-state index is 8.50. The van der Waals surface area contributed by atoms with Crippen molar-refractivity contribution in [3.8, 4) is 5.75 Å². The molecule has 92 valence electrons. The summed E-state index contributed by atoms with van der Waals surface area (Å²) in [5.41, 5.74) is 6.07. The fourth-order valence-electron chi connectivity index (χ4n) is 1.45. The van der Waals surface area contributed by atoms with Gasteiger partial charge >= 0.3 is 0 Å². The standard InChI is InChI=1S/C11H14N2O4/c12-11(13-14)8-1-3-9(4-2-8)17-7-10-15-5-6-16-10/h1-4,10,14H,5-7H2,(H2,12,13). The SMILES string of the molecule is NC(=NO)c1ccc(OCC2OCCO2)cc1. The second kappa shape index (κ2) is 5.51. The summed E-state index contributed by atoms with van der Waals surface area (Å²) in [5.74, 6) is 0.748. The molecule has 1 heterocycles. The zero-order valence-electron chi connectivity index (χ0n) is 9.20. The van der Waals surface area contributed by atoms with E-state index < -0.39 is 0 Å². The molecule has 1 aliphatic rings. The van der Waals surface area contributed by atoms with Crippen LogP contribution in [0.2, 0.25) is 0 Å². The van der Waals surface area contributed by atoms with Gasteiger partial charge in [-0.2, -0.15) is 0 Å². The largest absolute Gasteiger partial charge is 0.488 e. The Morgan fingerprint density at radius 3 is 2.59 bits per heavy atom. The van der Waals surface area contributed by atoms with Crippen molar-refractivity contribution in [2.24, 2.45) is 10.9 Å². The van der Waals surface area contributed by atoms with Crippen LogP contribution < -0.4 is 10.5 Å². The van der Waals surface area contributed by atoms with Crippen LogP contribution in [0.25, 0.3) is 0 Å². The Bertz CT molecular complexity index is 385. The summed E-state index contributed by atoms with van der Waals surface area (Å²) in [7, 11) is 0. The molecule has 1 aromatic rings. The Labute approximate surface area is 98.6 Å². The van der Waals surface area contributed by atoms with Crippen molar-refractivity contribution < 1.29 is 19.4 Å². The third-order valence-corrected chi connectivity index (χ3v) is 2.33. The molecule has 1 aliphatic heterocycles. The lowest BCUT2D eigenvalue weighted by Crippen LogP contribution is -2.18. The number of ether oxygens (including phenoxy) is 3. The van der Waals surface area contributed by atoms with Crippen LogP contribution in [0.1, 0.15) is 5.56 Å². The summed E-state index contributed by atoms with van der Waals surface area (Å²) >= 11 is 0. The molecular formula is C11H14N2O4. The lowest BCUT2D eigenvalue weighted by atomic mass is 10.2. The number of nitrogens with zero attached hydrogens (tertiary/aromatic N) is 1. The number of amidine groups is 1. The molecule has 2 rings (SSSR count). The number of oxime groups is 1. The third kappa shape index (κ3) is 3.08. The molecule has 0 aromatic heterocycles. The van der Waals surface area contributed by atoms with Gasteiger partial charge in [0.15, 0.2) is 12.1 Å². The van der Waals surface area contributed by atoms with E-state index in [2.05, 4.69) is 5.16 Å². The highest BCUT2D eigenvalue weighted by Gasteiger charge is 2.16. The Balaban J connectivity index is 1.89. The number of hydrogen-bond acceptors (Lipinski definition) is 5. The van der Waals surface area contributed by atoms with Crippen LogP contribution in [0, 0.1) is 0 Å². The quantitative estimate of drug-likeness (QED) is 0.346. The van der Waals surface area contributed by atoms with E-state index in [1.165, 1.54) is 0 Å². The van der Waals surface area contributed by atoms with Gasteiger partial charge < -0.3 is 25.2 Å². The molecule has 0 aliphatic carbocycles. The average molecular weight is 238 g/mol. The smallest absolute Gasteiger partial charge is 0.191 e. The first-order valence-electron chi connectivity index (χ1n) is 5.23. The van der Waals surface area contributed by atoms with Crippen LogP contribution in [0.5, 0.6) is 5.75 Å². The zero-order chi connectivity index (χ0) is 12.1. The molecule has 3 N–H and O–H groups in total. The molecule has 0 amide bonds. The van der Waals surface area contributed by atoms with Crippen molar-refractivity contribution in [1.29, 1.82) is 0 Å². The van der Waals surface area contributed by atoms with Gasteiger partial charge in [0.05, 0.1) is 13.2 Å². The Kier molecular flexibility index (Phi) is 3.79. The highest BCUT2D eigenvalue weighted by Crippen LogP contribution is 2.13. The minimum absolute atomic E-state index is 0.0685. The molecule has 6 heteroatoms. The normalized spacial score (nSPS) is 17.3. The lowest BCUT2D eigenvalue weighted by Gasteiger charge is -2.11. The first-order chi connectivity index (χ1) is 8.29. The Morgan fingerprint density at radius 1 is 1.35 bits per heavy atom. The summed E-state index contributed by atoms with van der Waals surface area (Å²) in [6.45, 7) is 1.57. The van der Waals surface area contributed by atoms with Crippen molar-refractivity contribution in [2.75, 3.05) is 19.8 Å². The first-order valence-corrected chi connectivity index (χ1v) is 5.23. The van der Waals surface area contributed by atoms with Crippen molar-refractivity contribution in [1.82, 2.24) is 0 Å². The van der Waals surface area contributed by atoms with E-state index >= 15 is 0 Å². The predicted molar refractivity (Wildman–Crippen MR) is 60.1 cm³/mol. The number of nitrogens with two attached hydrogens (primary N) is 1. The zero-order valence-corrected chi connectivity index (χ0v) is 9.20. The van der Waals surface area contributed by atoms with Crippen molar-refractivity contribution in [3.05, 3.63) is 29.8 Å². The minimum Gasteiger partial charge on any atom is -0.488 e. The van der Waals surface area contributed by atoms with Gasteiger partial charge in [-0.05, 0) is 24.3 Å². The highest BCUT2D eigenvalue weighted by atomic mass is 16.7.